The fraction of sp³-hybridized carbons (Fsp3) is 0.500. The Morgan fingerprint density at radius 3 is 3.07 bits per heavy atom. The highest BCUT2D eigenvalue weighted by molar-refractivity contribution is 5.13. The minimum absolute atomic E-state index is 0.540. The van der Waals surface area contributed by atoms with Gasteiger partial charge in [-0.3, -0.25) is 4.68 Å². The van der Waals surface area contributed by atoms with Crippen LogP contribution in [0.3, 0.4) is 0 Å². The molecule has 1 heterocycles. The summed E-state index contributed by atoms with van der Waals surface area (Å²) in [6.45, 7) is 8.26. The first-order valence-electron chi connectivity index (χ1n) is 4.71. The van der Waals surface area contributed by atoms with E-state index in [-0.39, 0.29) is 0 Å². The first kappa shape index (κ1) is 10.8. The molecule has 0 bridgehead atoms. The van der Waals surface area contributed by atoms with E-state index in [0.717, 1.165) is 24.4 Å². The van der Waals surface area contributed by atoms with Crippen molar-refractivity contribution in [1.29, 1.82) is 0 Å². The summed E-state index contributed by atoms with van der Waals surface area (Å²) in [6.07, 6.45) is 3.53. The van der Waals surface area contributed by atoms with Crippen molar-refractivity contribution < 1.29 is 4.74 Å². The quantitative estimate of drug-likeness (QED) is 0.687. The predicted molar refractivity (Wildman–Crippen MR) is 56.4 cm³/mol. The number of ether oxygens (including phenoxy) is 1. The Morgan fingerprint density at radius 2 is 2.50 bits per heavy atom. The molecule has 0 aliphatic carbocycles. The lowest BCUT2D eigenvalue weighted by Gasteiger charge is -2.06. The fourth-order valence-electron chi connectivity index (χ4n) is 1.01. The Bertz CT molecular complexity index is 293. The zero-order valence-electron chi connectivity index (χ0n) is 8.79. The normalized spacial score (nSPS) is 10.1. The largest absolute Gasteiger partial charge is 0.486 e. The molecule has 0 unspecified atom stereocenters. The first-order chi connectivity index (χ1) is 6.72. The van der Waals surface area contributed by atoms with Crippen LogP contribution in [0.25, 0.3) is 0 Å². The van der Waals surface area contributed by atoms with Crippen LogP contribution in [-0.2, 0) is 7.05 Å². The highest BCUT2D eigenvalue weighted by atomic mass is 16.5. The van der Waals surface area contributed by atoms with E-state index >= 15 is 0 Å². The summed E-state index contributed by atoms with van der Waals surface area (Å²) in [7, 11) is 1.86. The van der Waals surface area contributed by atoms with E-state index in [0.29, 0.717) is 6.61 Å². The lowest BCUT2D eigenvalue weighted by Crippen LogP contribution is -2.18. The van der Waals surface area contributed by atoms with E-state index in [1.54, 1.807) is 10.9 Å². The van der Waals surface area contributed by atoms with Crippen molar-refractivity contribution in [1.82, 2.24) is 15.1 Å². The molecule has 1 N–H and O–H groups in total. The maximum absolute atomic E-state index is 5.46. The number of nitrogens with one attached hydrogen (secondary N) is 1. The zero-order valence-corrected chi connectivity index (χ0v) is 8.79. The molecule has 1 aromatic heterocycles. The lowest BCUT2D eigenvalue weighted by atomic mass is 10.3. The van der Waals surface area contributed by atoms with Crippen molar-refractivity contribution >= 4 is 0 Å². The summed E-state index contributed by atoms with van der Waals surface area (Å²) in [5.74, 6) is 0.783. The molecular formula is C10H17N3O. The van der Waals surface area contributed by atoms with Gasteiger partial charge in [-0.2, -0.15) is 5.10 Å². The first-order valence-corrected chi connectivity index (χ1v) is 4.71. The maximum atomic E-state index is 5.46. The van der Waals surface area contributed by atoms with Gasteiger partial charge in [0, 0.05) is 13.6 Å². The third-order valence-electron chi connectivity index (χ3n) is 1.75. The van der Waals surface area contributed by atoms with E-state index in [1.807, 2.05) is 13.2 Å². The Labute approximate surface area is 84.6 Å². The number of aryl methyl sites for hydroxylation is 1. The molecule has 0 aliphatic rings. The molecule has 0 aliphatic heterocycles. The number of hydrogen-bond acceptors (Lipinski definition) is 3. The van der Waals surface area contributed by atoms with E-state index in [1.165, 1.54) is 0 Å². The maximum Gasteiger partial charge on any atom is 0.157 e. The van der Waals surface area contributed by atoms with Crippen LogP contribution < -0.4 is 10.1 Å². The van der Waals surface area contributed by atoms with Crippen molar-refractivity contribution in [3.63, 3.8) is 0 Å². The summed E-state index contributed by atoms with van der Waals surface area (Å²) >= 11 is 0. The average molecular weight is 195 g/mol. The molecule has 4 heteroatoms. The molecule has 0 aromatic carbocycles. The molecule has 0 saturated carbocycles. The summed E-state index contributed by atoms with van der Waals surface area (Å²) in [5.41, 5.74) is 1.04. The van der Waals surface area contributed by atoms with Crippen LogP contribution in [0, 0.1) is 0 Å². The van der Waals surface area contributed by atoms with Gasteiger partial charge < -0.3 is 10.1 Å². The monoisotopic (exact) mass is 195 g/mol. The SMILES string of the molecule is C=C(CNCC)COc1cnn(C)c1. The molecular weight excluding hydrogens is 178 g/mol. The minimum atomic E-state index is 0.540. The van der Waals surface area contributed by atoms with E-state index < -0.39 is 0 Å². The van der Waals surface area contributed by atoms with E-state index in [2.05, 4.69) is 23.9 Å². The van der Waals surface area contributed by atoms with Crippen molar-refractivity contribution in [2.45, 2.75) is 6.92 Å². The van der Waals surface area contributed by atoms with Crippen LogP contribution in [-0.4, -0.2) is 29.5 Å². The van der Waals surface area contributed by atoms with Crippen LogP contribution in [0.1, 0.15) is 6.92 Å². The van der Waals surface area contributed by atoms with E-state index in [4.69, 9.17) is 4.74 Å². The van der Waals surface area contributed by atoms with Crippen LogP contribution in [0.15, 0.2) is 24.5 Å². The van der Waals surface area contributed by atoms with Crippen molar-refractivity contribution in [2.24, 2.45) is 7.05 Å². The highest BCUT2D eigenvalue weighted by Crippen LogP contribution is 2.07. The number of likely N-dealkylation sites (N-methyl/N-ethyl adjacent to an activating group) is 1. The summed E-state index contributed by atoms with van der Waals surface area (Å²) < 4.78 is 7.17. The smallest absolute Gasteiger partial charge is 0.157 e. The highest BCUT2D eigenvalue weighted by Gasteiger charge is 1.98. The van der Waals surface area contributed by atoms with Crippen LogP contribution in [0.5, 0.6) is 5.75 Å². The number of hydrogen-bond donors (Lipinski definition) is 1. The molecule has 0 spiro atoms. The molecule has 0 atom stereocenters. The van der Waals surface area contributed by atoms with Crippen LogP contribution in [0.4, 0.5) is 0 Å². The van der Waals surface area contributed by atoms with Crippen molar-refractivity contribution in [3.8, 4) is 5.75 Å². The summed E-state index contributed by atoms with van der Waals surface area (Å²) in [6, 6.07) is 0. The van der Waals surface area contributed by atoms with Crippen LogP contribution in [0.2, 0.25) is 0 Å². The van der Waals surface area contributed by atoms with Crippen LogP contribution >= 0.6 is 0 Å². The Balaban J connectivity index is 2.23. The topological polar surface area (TPSA) is 39.1 Å². The van der Waals surface area contributed by atoms with Gasteiger partial charge in [-0.1, -0.05) is 13.5 Å². The van der Waals surface area contributed by atoms with Gasteiger partial charge in [0.25, 0.3) is 0 Å². The molecule has 0 radical (unpaired) electrons. The summed E-state index contributed by atoms with van der Waals surface area (Å²) in [5, 5.41) is 7.19. The third kappa shape index (κ3) is 3.62. The van der Waals surface area contributed by atoms with Gasteiger partial charge in [0.15, 0.2) is 5.75 Å². The molecule has 0 saturated heterocycles. The average Bonchev–Trinajstić information content (AvgIpc) is 2.58. The fourth-order valence-corrected chi connectivity index (χ4v) is 1.01. The van der Waals surface area contributed by atoms with Crippen molar-refractivity contribution in [2.75, 3.05) is 19.7 Å². The second kappa shape index (κ2) is 5.44. The van der Waals surface area contributed by atoms with Gasteiger partial charge in [-0.25, -0.2) is 0 Å². The van der Waals surface area contributed by atoms with Gasteiger partial charge in [0.2, 0.25) is 0 Å². The number of rotatable bonds is 6. The van der Waals surface area contributed by atoms with Gasteiger partial charge >= 0.3 is 0 Å². The second-order valence-corrected chi connectivity index (χ2v) is 3.17. The Kier molecular flexibility index (Phi) is 4.19. The third-order valence-corrected chi connectivity index (χ3v) is 1.75. The van der Waals surface area contributed by atoms with Gasteiger partial charge in [-0.05, 0) is 12.1 Å². The molecule has 1 aromatic rings. The van der Waals surface area contributed by atoms with E-state index in [9.17, 15) is 0 Å². The number of nitrogens with zero attached hydrogens (tertiary/aromatic N) is 2. The summed E-state index contributed by atoms with van der Waals surface area (Å²) in [4.78, 5) is 0. The molecule has 0 amide bonds. The standard InChI is InChI=1S/C10H17N3O/c1-4-11-5-9(2)8-14-10-6-12-13(3)7-10/h6-7,11H,2,4-5,8H2,1,3H3. The Hall–Kier alpha value is -1.29. The Morgan fingerprint density at radius 1 is 1.71 bits per heavy atom. The molecule has 1 rings (SSSR count). The molecule has 0 fully saturated rings. The molecule has 4 nitrogen and oxygen atoms in total. The molecule has 14 heavy (non-hydrogen) atoms. The van der Waals surface area contributed by atoms with Gasteiger partial charge in [0.1, 0.15) is 6.61 Å². The molecule has 78 valence electrons. The minimum Gasteiger partial charge on any atom is -0.486 e. The predicted octanol–water partition coefficient (Wildman–Crippen LogP) is 0.965. The van der Waals surface area contributed by atoms with Crippen molar-refractivity contribution in [3.05, 3.63) is 24.5 Å². The lowest BCUT2D eigenvalue weighted by molar-refractivity contribution is 0.348. The van der Waals surface area contributed by atoms with Gasteiger partial charge in [-0.15, -0.1) is 0 Å². The zero-order chi connectivity index (χ0) is 10.4. The van der Waals surface area contributed by atoms with Gasteiger partial charge in [0.05, 0.1) is 12.4 Å². The number of aromatic nitrogens is 2. The second-order valence-electron chi connectivity index (χ2n) is 3.17.